The Morgan fingerprint density at radius 2 is 2.10 bits per heavy atom. The van der Waals surface area contributed by atoms with Crippen LogP contribution < -0.4 is 15.4 Å². The molecule has 0 amide bonds. The highest BCUT2D eigenvalue weighted by molar-refractivity contribution is 14.0. The van der Waals surface area contributed by atoms with Crippen LogP contribution in [0.1, 0.15) is 44.7 Å². The lowest BCUT2D eigenvalue weighted by Crippen LogP contribution is -2.40. The van der Waals surface area contributed by atoms with Crippen molar-refractivity contribution in [1.29, 1.82) is 0 Å². The Morgan fingerprint density at radius 1 is 1.40 bits per heavy atom. The van der Waals surface area contributed by atoms with Gasteiger partial charge < -0.3 is 15.4 Å². The predicted octanol–water partition coefficient (Wildman–Crippen LogP) is 3.13. The van der Waals surface area contributed by atoms with Crippen molar-refractivity contribution in [3.8, 4) is 5.75 Å². The molecule has 0 aliphatic heterocycles. The van der Waals surface area contributed by atoms with E-state index in [1.807, 2.05) is 19.9 Å². The largest absolute Gasteiger partial charge is 0.490 e. The van der Waals surface area contributed by atoms with Gasteiger partial charge in [0.25, 0.3) is 0 Å². The standard InChI is InChI=1S/C20H33FN4O3S.HI/c1-5-25(29(4,26)27)12-6-11-23-20(22-3)24-15(2)17-9-10-19(18(21)13-17)28-14-16-7-8-16;/h9-10,13,15-16H,5-8,11-12,14H2,1-4H3,(H2,22,23,24);1H. The van der Waals surface area contributed by atoms with E-state index in [2.05, 4.69) is 15.6 Å². The molecule has 0 saturated heterocycles. The first-order valence-electron chi connectivity index (χ1n) is 10.1. The van der Waals surface area contributed by atoms with Gasteiger partial charge in [-0.2, -0.15) is 0 Å². The van der Waals surface area contributed by atoms with E-state index in [0.717, 1.165) is 18.4 Å². The summed E-state index contributed by atoms with van der Waals surface area (Å²) < 4.78 is 44.5. The highest BCUT2D eigenvalue weighted by Crippen LogP contribution is 2.30. The van der Waals surface area contributed by atoms with Crippen LogP contribution in [0.4, 0.5) is 4.39 Å². The van der Waals surface area contributed by atoms with Gasteiger partial charge in [0, 0.05) is 26.7 Å². The molecule has 1 aromatic rings. The summed E-state index contributed by atoms with van der Waals surface area (Å²) >= 11 is 0. The van der Waals surface area contributed by atoms with Crippen LogP contribution in [-0.4, -0.2) is 58.2 Å². The Balaban J connectivity index is 0.00000450. The fourth-order valence-electron chi connectivity index (χ4n) is 2.90. The molecule has 172 valence electrons. The predicted molar refractivity (Wildman–Crippen MR) is 130 cm³/mol. The molecule has 1 fully saturated rings. The Kier molecular flexibility index (Phi) is 11.3. The lowest BCUT2D eigenvalue weighted by atomic mass is 10.1. The minimum absolute atomic E-state index is 0. The molecule has 1 atom stereocenters. The molecular formula is C20H34FIN4O3S. The third kappa shape index (κ3) is 8.93. The Labute approximate surface area is 196 Å². The van der Waals surface area contributed by atoms with E-state index in [-0.39, 0.29) is 35.8 Å². The van der Waals surface area contributed by atoms with Gasteiger partial charge in [-0.3, -0.25) is 4.99 Å². The second-order valence-corrected chi connectivity index (χ2v) is 9.40. The number of benzene rings is 1. The SMILES string of the molecule is CCN(CCCNC(=NC)NC(C)c1ccc(OCC2CC2)c(F)c1)S(C)(=O)=O.I. The van der Waals surface area contributed by atoms with E-state index in [0.29, 0.717) is 50.3 Å². The summed E-state index contributed by atoms with van der Waals surface area (Å²) in [5.74, 6) is 1.09. The van der Waals surface area contributed by atoms with Gasteiger partial charge >= 0.3 is 0 Å². The fraction of sp³-hybridized carbons (Fsp3) is 0.650. The molecule has 1 aliphatic rings. The van der Waals surface area contributed by atoms with E-state index in [4.69, 9.17) is 4.74 Å². The lowest BCUT2D eigenvalue weighted by molar-refractivity contribution is 0.285. The molecule has 0 radical (unpaired) electrons. The van der Waals surface area contributed by atoms with E-state index in [9.17, 15) is 12.8 Å². The summed E-state index contributed by atoms with van der Waals surface area (Å²) in [4.78, 5) is 4.18. The Hall–Kier alpha value is -1.14. The number of sulfonamides is 1. The topological polar surface area (TPSA) is 83.0 Å². The molecule has 0 bridgehead atoms. The van der Waals surface area contributed by atoms with Crippen molar-refractivity contribution in [2.24, 2.45) is 10.9 Å². The van der Waals surface area contributed by atoms with Crippen LogP contribution in [0.2, 0.25) is 0 Å². The molecule has 2 N–H and O–H groups in total. The zero-order valence-corrected chi connectivity index (χ0v) is 21.3. The summed E-state index contributed by atoms with van der Waals surface area (Å²) in [7, 11) is -1.52. The molecule has 1 unspecified atom stereocenters. The second-order valence-electron chi connectivity index (χ2n) is 7.42. The maximum atomic E-state index is 14.3. The normalized spacial score (nSPS) is 15.5. The molecule has 1 aliphatic carbocycles. The molecule has 0 heterocycles. The first-order valence-corrected chi connectivity index (χ1v) is 11.9. The number of ether oxygens (including phenoxy) is 1. The molecule has 0 aromatic heterocycles. The van der Waals surface area contributed by atoms with Crippen LogP contribution in [-0.2, 0) is 10.0 Å². The maximum Gasteiger partial charge on any atom is 0.211 e. The first-order chi connectivity index (χ1) is 13.7. The van der Waals surface area contributed by atoms with E-state index >= 15 is 0 Å². The minimum atomic E-state index is -3.18. The number of hydrogen-bond donors (Lipinski definition) is 2. The van der Waals surface area contributed by atoms with Crippen LogP contribution in [0.5, 0.6) is 5.75 Å². The van der Waals surface area contributed by atoms with Crippen molar-refractivity contribution >= 4 is 40.0 Å². The van der Waals surface area contributed by atoms with Gasteiger partial charge in [0.15, 0.2) is 17.5 Å². The third-order valence-electron chi connectivity index (χ3n) is 4.90. The molecule has 7 nitrogen and oxygen atoms in total. The highest BCUT2D eigenvalue weighted by atomic mass is 127. The first kappa shape index (κ1) is 26.9. The fourth-order valence-corrected chi connectivity index (χ4v) is 3.83. The molecule has 30 heavy (non-hydrogen) atoms. The third-order valence-corrected chi connectivity index (χ3v) is 6.28. The number of rotatable bonds is 11. The summed E-state index contributed by atoms with van der Waals surface area (Å²) in [5.41, 5.74) is 0.790. The van der Waals surface area contributed by atoms with Gasteiger partial charge in [0.1, 0.15) is 0 Å². The molecular weight excluding hydrogens is 522 g/mol. The summed E-state index contributed by atoms with van der Waals surface area (Å²) in [6, 6.07) is 4.85. The number of nitrogens with one attached hydrogen (secondary N) is 2. The molecule has 2 rings (SSSR count). The van der Waals surface area contributed by atoms with Gasteiger partial charge in [0.2, 0.25) is 10.0 Å². The molecule has 1 saturated carbocycles. The van der Waals surface area contributed by atoms with Gasteiger partial charge in [-0.25, -0.2) is 17.1 Å². The Morgan fingerprint density at radius 3 is 2.63 bits per heavy atom. The van der Waals surface area contributed by atoms with Gasteiger partial charge in [-0.15, -0.1) is 24.0 Å². The summed E-state index contributed by atoms with van der Waals surface area (Å²) in [6.45, 7) is 5.79. The van der Waals surface area contributed by atoms with Gasteiger partial charge in [-0.1, -0.05) is 13.0 Å². The number of hydrogen-bond acceptors (Lipinski definition) is 4. The number of halogens is 2. The minimum Gasteiger partial charge on any atom is -0.490 e. The van der Waals surface area contributed by atoms with Crippen LogP contribution in [0.3, 0.4) is 0 Å². The number of guanidine groups is 1. The highest BCUT2D eigenvalue weighted by Gasteiger charge is 2.22. The molecule has 10 heteroatoms. The monoisotopic (exact) mass is 556 g/mol. The van der Waals surface area contributed by atoms with Gasteiger partial charge in [0.05, 0.1) is 18.9 Å². The number of nitrogens with zero attached hydrogens (tertiary/aromatic N) is 2. The van der Waals surface area contributed by atoms with E-state index < -0.39 is 10.0 Å². The average Bonchev–Trinajstić information content (AvgIpc) is 3.49. The summed E-state index contributed by atoms with van der Waals surface area (Å²) in [6.07, 6.45) is 4.19. The molecule has 0 spiro atoms. The lowest BCUT2D eigenvalue weighted by Gasteiger charge is -2.20. The molecule has 1 aromatic carbocycles. The van der Waals surface area contributed by atoms with Crippen molar-refractivity contribution in [2.75, 3.05) is 39.5 Å². The van der Waals surface area contributed by atoms with Crippen molar-refractivity contribution in [3.63, 3.8) is 0 Å². The van der Waals surface area contributed by atoms with E-state index in [1.54, 1.807) is 13.1 Å². The van der Waals surface area contributed by atoms with Crippen molar-refractivity contribution in [1.82, 2.24) is 14.9 Å². The Bertz CT molecular complexity index is 803. The quantitative estimate of drug-likeness (QED) is 0.190. The summed E-state index contributed by atoms with van der Waals surface area (Å²) in [5, 5.41) is 6.39. The van der Waals surface area contributed by atoms with Crippen molar-refractivity contribution in [3.05, 3.63) is 29.6 Å². The van der Waals surface area contributed by atoms with Crippen molar-refractivity contribution < 1.29 is 17.5 Å². The number of aliphatic imine (C=N–C) groups is 1. The second kappa shape index (κ2) is 12.7. The van der Waals surface area contributed by atoms with Crippen LogP contribution in [0, 0.1) is 11.7 Å². The zero-order chi connectivity index (χ0) is 21.4. The average molecular weight is 556 g/mol. The maximum absolute atomic E-state index is 14.3. The van der Waals surface area contributed by atoms with Crippen molar-refractivity contribution in [2.45, 2.75) is 39.2 Å². The van der Waals surface area contributed by atoms with Crippen LogP contribution in [0.15, 0.2) is 23.2 Å². The van der Waals surface area contributed by atoms with Crippen LogP contribution >= 0.6 is 24.0 Å². The van der Waals surface area contributed by atoms with Crippen LogP contribution in [0.25, 0.3) is 0 Å². The van der Waals surface area contributed by atoms with E-state index in [1.165, 1.54) is 16.6 Å². The van der Waals surface area contributed by atoms with Gasteiger partial charge in [-0.05, 0) is 49.8 Å². The zero-order valence-electron chi connectivity index (χ0n) is 18.2. The smallest absolute Gasteiger partial charge is 0.211 e.